The minimum Gasteiger partial charge on any atom is -0.392 e. The molecule has 0 aromatic rings. The molecule has 5 aliphatic carbocycles. The number of methoxy groups -OCH3 is 2. The summed E-state index contributed by atoms with van der Waals surface area (Å²) in [5.41, 5.74) is -1.08. The monoisotopic (exact) mass is 407 g/mol. The van der Waals surface area contributed by atoms with E-state index >= 15 is 0 Å². The van der Waals surface area contributed by atoms with Gasteiger partial charge in [-0.2, -0.15) is 0 Å². The summed E-state index contributed by atoms with van der Waals surface area (Å²) >= 11 is 0. The minimum atomic E-state index is -0.901. The number of aliphatic hydroxyl groups excluding tert-OH is 2. The summed E-state index contributed by atoms with van der Waals surface area (Å²) < 4.78 is 11.6. The fourth-order valence-corrected chi connectivity index (χ4v) is 10.4. The van der Waals surface area contributed by atoms with Crippen LogP contribution in [0.4, 0.5) is 0 Å². The van der Waals surface area contributed by atoms with Gasteiger partial charge in [0.05, 0.1) is 30.5 Å². The molecule has 1 heterocycles. The number of hydrogen-bond acceptors (Lipinski definition) is 6. The Morgan fingerprint density at radius 3 is 2.62 bits per heavy atom. The van der Waals surface area contributed by atoms with E-state index in [4.69, 9.17) is 9.47 Å². The Labute approximate surface area is 173 Å². The zero-order chi connectivity index (χ0) is 20.3. The molecule has 1 spiro atoms. The van der Waals surface area contributed by atoms with Crippen LogP contribution in [-0.4, -0.2) is 84.1 Å². The molecule has 0 unspecified atom stereocenters. The lowest BCUT2D eigenvalue weighted by atomic mass is 9.43. The highest BCUT2D eigenvalue weighted by molar-refractivity contribution is 5.33. The highest BCUT2D eigenvalue weighted by Crippen LogP contribution is 2.78. The van der Waals surface area contributed by atoms with Crippen molar-refractivity contribution in [2.24, 2.45) is 40.4 Å². The van der Waals surface area contributed by atoms with Crippen LogP contribution in [0.5, 0.6) is 0 Å². The molecule has 0 aromatic heterocycles. The van der Waals surface area contributed by atoms with Crippen LogP contribution in [0.25, 0.3) is 0 Å². The lowest BCUT2D eigenvalue weighted by molar-refractivity contribution is -0.272. The first-order chi connectivity index (χ1) is 13.9. The zero-order valence-electron chi connectivity index (χ0n) is 18.0. The average Bonchev–Trinajstić information content (AvgIpc) is 3.13. The van der Waals surface area contributed by atoms with Crippen molar-refractivity contribution in [3.05, 3.63) is 0 Å². The van der Waals surface area contributed by atoms with Gasteiger partial charge in [0.2, 0.25) is 0 Å². The van der Waals surface area contributed by atoms with E-state index in [-0.39, 0.29) is 52.8 Å². The highest BCUT2D eigenvalue weighted by atomic mass is 16.5. The van der Waals surface area contributed by atoms with E-state index in [0.29, 0.717) is 12.3 Å². The predicted molar refractivity (Wildman–Crippen MR) is 106 cm³/mol. The number of rotatable bonds is 4. The van der Waals surface area contributed by atoms with Crippen LogP contribution in [0.3, 0.4) is 0 Å². The van der Waals surface area contributed by atoms with Gasteiger partial charge in [-0.15, -0.1) is 0 Å². The van der Waals surface area contributed by atoms with Crippen molar-refractivity contribution in [1.29, 1.82) is 0 Å². The molecule has 0 radical (unpaired) electrons. The summed E-state index contributed by atoms with van der Waals surface area (Å²) in [7, 11) is 3.52. The maximum atomic E-state index is 12.2. The average molecular weight is 408 g/mol. The SMILES string of the molecule is CCN1C[C@]2(COC)CC[C@H](O)[C@@]34[C@@H]2C[C@@H]([C@@H]13)[C@@]1(O)C[C@H](OC)[C@H]2C[C@H]4[C@@H]1[C@H]2O. The number of fused-ring (bicyclic) bond motifs is 2. The smallest absolute Gasteiger partial charge is 0.0771 e. The Morgan fingerprint density at radius 2 is 1.93 bits per heavy atom. The maximum absolute atomic E-state index is 12.2. The van der Waals surface area contributed by atoms with Crippen LogP contribution in [0.1, 0.15) is 39.0 Å². The largest absolute Gasteiger partial charge is 0.392 e. The molecule has 1 saturated heterocycles. The molecule has 12 atom stereocenters. The third-order valence-electron chi connectivity index (χ3n) is 10.9. The molecular weight excluding hydrogens is 370 g/mol. The quantitative estimate of drug-likeness (QED) is 0.642. The first-order valence-electron chi connectivity index (χ1n) is 11.7. The molecule has 6 fully saturated rings. The maximum Gasteiger partial charge on any atom is 0.0771 e. The topological polar surface area (TPSA) is 82.4 Å². The van der Waals surface area contributed by atoms with E-state index in [0.717, 1.165) is 45.4 Å². The third kappa shape index (κ3) is 1.93. The molecule has 0 aromatic carbocycles. The molecule has 0 amide bonds. The van der Waals surface area contributed by atoms with Crippen molar-refractivity contribution < 1.29 is 24.8 Å². The molecule has 6 heteroatoms. The Morgan fingerprint density at radius 1 is 1.14 bits per heavy atom. The van der Waals surface area contributed by atoms with E-state index < -0.39 is 11.7 Å². The third-order valence-corrected chi connectivity index (χ3v) is 10.9. The summed E-state index contributed by atoms with van der Waals surface area (Å²) in [6, 6.07) is 0.200. The highest BCUT2D eigenvalue weighted by Gasteiger charge is 2.83. The van der Waals surface area contributed by atoms with Gasteiger partial charge in [-0.3, -0.25) is 4.90 Å². The number of hydrogen-bond donors (Lipinski definition) is 3. The Balaban J connectivity index is 1.57. The van der Waals surface area contributed by atoms with Crippen LogP contribution < -0.4 is 0 Å². The summed E-state index contributed by atoms with van der Waals surface area (Å²) in [4.78, 5) is 2.57. The van der Waals surface area contributed by atoms with E-state index in [1.165, 1.54) is 0 Å². The molecule has 6 aliphatic rings. The fraction of sp³-hybridized carbons (Fsp3) is 1.00. The van der Waals surface area contributed by atoms with E-state index in [1.54, 1.807) is 14.2 Å². The van der Waals surface area contributed by atoms with Crippen molar-refractivity contribution in [2.75, 3.05) is 33.9 Å². The molecule has 3 N–H and O–H groups in total. The molecular formula is C23H37NO5. The van der Waals surface area contributed by atoms with Crippen LogP contribution >= 0.6 is 0 Å². The van der Waals surface area contributed by atoms with Gasteiger partial charge in [-0.25, -0.2) is 0 Å². The molecule has 29 heavy (non-hydrogen) atoms. The molecule has 7 bridgehead atoms. The van der Waals surface area contributed by atoms with E-state index in [2.05, 4.69) is 11.8 Å². The van der Waals surface area contributed by atoms with Gasteiger partial charge in [-0.05, 0) is 44.1 Å². The lowest BCUT2D eigenvalue weighted by Crippen LogP contribution is -2.76. The zero-order valence-corrected chi connectivity index (χ0v) is 18.0. The summed E-state index contributed by atoms with van der Waals surface area (Å²) in [6.07, 6.45) is 3.27. The van der Waals surface area contributed by atoms with E-state index in [1.807, 2.05) is 0 Å². The second-order valence-corrected chi connectivity index (χ2v) is 11.2. The second-order valence-electron chi connectivity index (χ2n) is 11.2. The number of likely N-dealkylation sites (tertiary alicyclic amines) is 1. The Kier molecular flexibility index (Phi) is 4.00. The predicted octanol–water partition coefficient (Wildman–Crippen LogP) is 0.877. The van der Waals surface area contributed by atoms with Gasteiger partial charge < -0.3 is 24.8 Å². The van der Waals surface area contributed by atoms with Gasteiger partial charge in [0.25, 0.3) is 0 Å². The number of ether oxygens (including phenoxy) is 2. The summed E-state index contributed by atoms with van der Waals surface area (Å²) in [5, 5.41) is 35.2. The number of aliphatic hydroxyl groups is 3. The molecule has 6 nitrogen and oxygen atoms in total. The second kappa shape index (κ2) is 5.96. The minimum absolute atomic E-state index is 0.0495. The van der Waals surface area contributed by atoms with Crippen molar-refractivity contribution >= 4 is 0 Å². The molecule has 6 rings (SSSR count). The van der Waals surface area contributed by atoms with Crippen LogP contribution in [0.15, 0.2) is 0 Å². The van der Waals surface area contributed by atoms with Crippen molar-refractivity contribution in [3.63, 3.8) is 0 Å². The first kappa shape index (κ1) is 19.4. The van der Waals surface area contributed by atoms with Crippen molar-refractivity contribution in [1.82, 2.24) is 4.90 Å². The van der Waals surface area contributed by atoms with Gasteiger partial charge in [0.15, 0.2) is 0 Å². The van der Waals surface area contributed by atoms with Gasteiger partial charge in [0, 0.05) is 61.8 Å². The summed E-state index contributed by atoms with van der Waals surface area (Å²) in [5.74, 6) is 0.553. The number of nitrogens with zero attached hydrogens (tertiary/aromatic N) is 1. The van der Waals surface area contributed by atoms with Crippen molar-refractivity contribution in [2.45, 2.75) is 69.0 Å². The standard InChI is InChI=1S/C23H37NO5/c1-4-24-10-21(11-28-2)6-5-17(25)23-13-7-12-15(29-3)9-22(27,18(13)19(12)26)14(20(23)24)8-16(21)23/h12-20,25-27H,4-11H2,1-3H3/t12-,13+,14+,15+,16-,17+,18-,19+,20-,21+,22+,23-/m1/s1. The van der Waals surface area contributed by atoms with Crippen LogP contribution in [0.2, 0.25) is 0 Å². The fourth-order valence-electron chi connectivity index (χ4n) is 10.4. The molecule has 1 aliphatic heterocycles. The van der Waals surface area contributed by atoms with Crippen molar-refractivity contribution in [3.8, 4) is 0 Å². The van der Waals surface area contributed by atoms with Crippen LogP contribution in [0, 0.1) is 40.4 Å². The molecule has 5 saturated carbocycles. The summed E-state index contributed by atoms with van der Waals surface area (Å²) in [6.45, 7) is 4.88. The van der Waals surface area contributed by atoms with E-state index in [9.17, 15) is 15.3 Å². The Hall–Kier alpha value is -0.240. The Bertz CT molecular complexity index is 705. The first-order valence-corrected chi connectivity index (χ1v) is 11.7. The number of piperidine rings is 1. The normalized spacial score (nSPS) is 62.5. The van der Waals surface area contributed by atoms with Crippen LogP contribution in [-0.2, 0) is 9.47 Å². The lowest BCUT2D eigenvalue weighted by Gasteiger charge is -2.69. The molecule has 164 valence electrons. The van der Waals surface area contributed by atoms with Gasteiger partial charge in [0.1, 0.15) is 0 Å². The van der Waals surface area contributed by atoms with Gasteiger partial charge >= 0.3 is 0 Å². The van der Waals surface area contributed by atoms with Gasteiger partial charge in [-0.1, -0.05) is 6.92 Å².